The minimum absolute atomic E-state index is 0.122. The van der Waals surface area contributed by atoms with Gasteiger partial charge in [-0.05, 0) is 24.6 Å². The van der Waals surface area contributed by atoms with Crippen LogP contribution in [0.3, 0.4) is 0 Å². The van der Waals surface area contributed by atoms with E-state index in [2.05, 4.69) is 24.0 Å². The Morgan fingerprint density at radius 2 is 1.52 bits per heavy atom. The average Bonchev–Trinajstić information content (AvgIpc) is 3.03. The Morgan fingerprint density at radius 3 is 2.24 bits per heavy atom. The molecular formula is C19H17NO. The molecular weight excluding hydrogens is 258 g/mol. The van der Waals surface area contributed by atoms with Crippen molar-refractivity contribution in [3.05, 3.63) is 84.1 Å². The normalized spacial score (nSPS) is 12.6. The van der Waals surface area contributed by atoms with Gasteiger partial charge in [0.1, 0.15) is 11.5 Å². The Labute approximate surface area is 124 Å². The molecule has 0 saturated carbocycles. The molecule has 0 amide bonds. The van der Waals surface area contributed by atoms with E-state index in [-0.39, 0.29) is 6.04 Å². The quantitative estimate of drug-likeness (QED) is 0.606. The highest BCUT2D eigenvalue weighted by Gasteiger charge is 2.04. The second-order valence-corrected chi connectivity index (χ2v) is 4.93. The van der Waals surface area contributed by atoms with E-state index in [4.69, 9.17) is 4.42 Å². The summed E-state index contributed by atoms with van der Waals surface area (Å²) in [5.41, 5.74) is 2.27. The lowest BCUT2D eigenvalue weighted by atomic mass is 10.1. The Hall–Kier alpha value is -2.61. The number of nitrogens with zero attached hydrogens (tertiary/aromatic N) is 1. The van der Waals surface area contributed by atoms with Crippen molar-refractivity contribution in [1.29, 1.82) is 0 Å². The molecule has 0 spiro atoms. The van der Waals surface area contributed by atoms with Crippen LogP contribution in [0.4, 0.5) is 0 Å². The van der Waals surface area contributed by atoms with Crippen LogP contribution in [0.1, 0.15) is 24.3 Å². The number of furan rings is 1. The van der Waals surface area contributed by atoms with Crippen LogP contribution in [0.2, 0.25) is 0 Å². The third kappa shape index (κ3) is 3.29. The Kier molecular flexibility index (Phi) is 3.97. The fraction of sp³-hybridized carbons (Fsp3) is 0.105. The molecule has 0 radical (unpaired) electrons. The molecule has 0 aliphatic heterocycles. The van der Waals surface area contributed by atoms with E-state index in [0.717, 1.165) is 17.1 Å². The van der Waals surface area contributed by atoms with Gasteiger partial charge in [0.25, 0.3) is 0 Å². The summed E-state index contributed by atoms with van der Waals surface area (Å²) in [6, 6.07) is 24.4. The van der Waals surface area contributed by atoms with Gasteiger partial charge in [-0.3, -0.25) is 4.99 Å². The number of benzene rings is 2. The molecule has 2 aromatic carbocycles. The molecule has 0 N–H and O–H groups in total. The van der Waals surface area contributed by atoms with Gasteiger partial charge in [-0.2, -0.15) is 0 Å². The zero-order valence-corrected chi connectivity index (χ0v) is 11.9. The summed E-state index contributed by atoms with van der Waals surface area (Å²) in [7, 11) is 0. The highest BCUT2D eigenvalue weighted by atomic mass is 16.3. The molecule has 104 valence electrons. The lowest BCUT2D eigenvalue weighted by Crippen LogP contribution is -1.89. The summed E-state index contributed by atoms with van der Waals surface area (Å²) < 4.78 is 5.81. The summed E-state index contributed by atoms with van der Waals surface area (Å²) in [4.78, 5) is 4.55. The number of rotatable bonds is 4. The maximum absolute atomic E-state index is 5.81. The van der Waals surface area contributed by atoms with Crippen LogP contribution in [-0.2, 0) is 0 Å². The first kappa shape index (κ1) is 13.4. The number of aliphatic imine (C=N–C) groups is 1. The second kappa shape index (κ2) is 6.23. The molecule has 2 nitrogen and oxygen atoms in total. The minimum Gasteiger partial charge on any atom is -0.455 e. The second-order valence-electron chi connectivity index (χ2n) is 4.93. The van der Waals surface area contributed by atoms with E-state index < -0.39 is 0 Å². The lowest BCUT2D eigenvalue weighted by molar-refractivity contribution is 0.574. The van der Waals surface area contributed by atoms with Crippen LogP contribution >= 0.6 is 0 Å². The van der Waals surface area contributed by atoms with Gasteiger partial charge in [-0.1, -0.05) is 60.7 Å². The van der Waals surface area contributed by atoms with Crippen molar-refractivity contribution < 1.29 is 4.42 Å². The predicted octanol–water partition coefficient (Wildman–Crippen LogP) is 5.13. The molecule has 0 bridgehead atoms. The fourth-order valence-electron chi connectivity index (χ4n) is 2.18. The van der Waals surface area contributed by atoms with Gasteiger partial charge in [0, 0.05) is 5.56 Å². The molecule has 21 heavy (non-hydrogen) atoms. The van der Waals surface area contributed by atoms with Crippen LogP contribution in [0.25, 0.3) is 11.3 Å². The first-order valence-corrected chi connectivity index (χ1v) is 7.06. The van der Waals surface area contributed by atoms with Crippen LogP contribution in [0, 0.1) is 0 Å². The molecule has 1 heterocycles. The average molecular weight is 275 g/mol. The van der Waals surface area contributed by atoms with E-state index >= 15 is 0 Å². The number of hydrogen-bond donors (Lipinski definition) is 0. The highest BCUT2D eigenvalue weighted by Crippen LogP contribution is 2.21. The van der Waals surface area contributed by atoms with Gasteiger partial charge in [0.05, 0.1) is 12.3 Å². The third-order valence-electron chi connectivity index (χ3n) is 3.39. The largest absolute Gasteiger partial charge is 0.455 e. The monoisotopic (exact) mass is 275 g/mol. The van der Waals surface area contributed by atoms with E-state index in [0.29, 0.717) is 0 Å². The summed E-state index contributed by atoms with van der Waals surface area (Å²) in [5.74, 6) is 1.64. The predicted molar refractivity (Wildman–Crippen MR) is 86.6 cm³/mol. The summed E-state index contributed by atoms with van der Waals surface area (Å²) >= 11 is 0. The van der Waals surface area contributed by atoms with Gasteiger partial charge >= 0.3 is 0 Å². The van der Waals surface area contributed by atoms with Crippen molar-refractivity contribution in [3.63, 3.8) is 0 Å². The lowest BCUT2D eigenvalue weighted by Gasteiger charge is -2.04. The van der Waals surface area contributed by atoms with Gasteiger partial charge in [0.15, 0.2) is 0 Å². The van der Waals surface area contributed by atoms with Crippen molar-refractivity contribution in [1.82, 2.24) is 0 Å². The van der Waals surface area contributed by atoms with Gasteiger partial charge < -0.3 is 4.42 Å². The van der Waals surface area contributed by atoms with Gasteiger partial charge in [0.2, 0.25) is 0 Å². The molecule has 0 fully saturated rings. The maximum Gasteiger partial charge on any atom is 0.145 e. The molecule has 3 rings (SSSR count). The Balaban J connectivity index is 1.74. The van der Waals surface area contributed by atoms with Crippen molar-refractivity contribution in [2.24, 2.45) is 4.99 Å². The summed E-state index contributed by atoms with van der Waals surface area (Å²) in [6.07, 6.45) is 1.80. The Morgan fingerprint density at radius 1 is 0.857 bits per heavy atom. The van der Waals surface area contributed by atoms with Crippen molar-refractivity contribution in [2.45, 2.75) is 13.0 Å². The fourth-order valence-corrected chi connectivity index (χ4v) is 2.18. The molecule has 3 aromatic rings. The first-order chi connectivity index (χ1) is 10.3. The van der Waals surface area contributed by atoms with Crippen LogP contribution < -0.4 is 0 Å². The van der Waals surface area contributed by atoms with Gasteiger partial charge in [-0.15, -0.1) is 0 Å². The smallest absolute Gasteiger partial charge is 0.145 e. The molecule has 2 heteroatoms. The summed E-state index contributed by atoms with van der Waals surface area (Å²) in [6.45, 7) is 2.08. The minimum atomic E-state index is 0.122. The van der Waals surface area contributed by atoms with Crippen molar-refractivity contribution >= 4 is 6.21 Å². The highest BCUT2D eigenvalue weighted by molar-refractivity contribution is 5.77. The molecule has 0 saturated heterocycles. The molecule has 0 aliphatic carbocycles. The van der Waals surface area contributed by atoms with E-state index in [9.17, 15) is 0 Å². The zero-order chi connectivity index (χ0) is 14.5. The zero-order valence-electron chi connectivity index (χ0n) is 11.9. The van der Waals surface area contributed by atoms with Crippen molar-refractivity contribution in [3.8, 4) is 11.3 Å². The van der Waals surface area contributed by atoms with E-state index in [1.807, 2.05) is 60.7 Å². The van der Waals surface area contributed by atoms with E-state index in [1.54, 1.807) is 6.21 Å². The van der Waals surface area contributed by atoms with Gasteiger partial charge in [-0.25, -0.2) is 0 Å². The standard InChI is InChI=1S/C19H17NO/c1-15(16-8-4-2-5-9-16)20-14-18-12-13-19(21-18)17-10-6-3-7-11-17/h2-15H,1H3. The Bertz CT molecular complexity index is 714. The van der Waals surface area contributed by atoms with Crippen LogP contribution in [0.15, 0.2) is 82.2 Å². The van der Waals surface area contributed by atoms with E-state index in [1.165, 1.54) is 5.56 Å². The first-order valence-electron chi connectivity index (χ1n) is 7.06. The number of hydrogen-bond acceptors (Lipinski definition) is 2. The molecule has 1 unspecified atom stereocenters. The van der Waals surface area contributed by atoms with Crippen LogP contribution in [0.5, 0.6) is 0 Å². The topological polar surface area (TPSA) is 25.5 Å². The van der Waals surface area contributed by atoms with Crippen LogP contribution in [-0.4, -0.2) is 6.21 Å². The molecule has 1 atom stereocenters. The van der Waals surface area contributed by atoms with Crippen molar-refractivity contribution in [2.75, 3.05) is 0 Å². The molecule has 0 aliphatic rings. The maximum atomic E-state index is 5.81. The third-order valence-corrected chi connectivity index (χ3v) is 3.39. The SMILES string of the molecule is CC(N=Cc1ccc(-c2ccccc2)o1)c1ccccc1. The molecule has 1 aromatic heterocycles. The summed E-state index contributed by atoms with van der Waals surface area (Å²) in [5, 5.41) is 0.